The van der Waals surface area contributed by atoms with Crippen molar-refractivity contribution in [1.82, 2.24) is 5.32 Å². The van der Waals surface area contributed by atoms with Crippen LogP contribution in [0.5, 0.6) is 0 Å². The Kier molecular flexibility index (Phi) is 4.82. The number of benzene rings is 2. The van der Waals surface area contributed by atoms with Crippen molar-refractivity contribution in [2.45, 2.75) is 20.3 Å². The first-order valence-corrected chi connectivity index (χ1v) is 7.17. The van der Waals surface area contributed by atoms with Crippen molar-refractivity contribution in [3.8, 4) is 0 Å². The van der Waals surface area contributed by atoms with Crippen LogP contribution < -0.4 is 16.4 Å². The van der Waals surface area contributed by atoms with E-state index in [-0.39, 0.29) is 5.91 Å². The first-order chi connectivity index (χ1) is 10.1. The van der Waals surface area contributed by atoms with Gasteiger partial charge in [-0.25, -0.2) is 0 Å². The summed E-state index contributed by atoms with van der Waals surface area (Å²) < 4.78 is 0. The van der Waals surface area contributed by atoms with E-state index in [2.05, 4.69) is 29.7 Å². The topological polar surface area (TPSA) is 67.2 Å². The van der Waals surface area contributed by atoms with Crippen molar-refractivity contribution in [3.63, 3.8) is 0 Å². The van der Waals surface area contributed by atoms with Crippen molar-refractivity contribution in [1.29, 1.82) is 0 Å². The number of nitrogens with two attached hydrogens (primary N) is 1. The smallest absolute Gasteiger partial charge is 0.253 e. The molecule has 0 atom stereocenters. The van der Waals surface area contributed by atoms with Gasteiger partial charge in [-0.2, -0.15) is 0 Å². The van der Waals surface area contributed by atoms with Crippen LogP contribution >= 0.6 is 0 Å². The van der Waals surface area contributed by atoms with Gasteiger partial charge >= 0.3 is 0 Å². The fraction of sp³-hybridized carbons (Fsp3) is 0.235. The molecule has 2 rings (SSSR count). The summed E-state index contributed by atoms with van der Waals surface area (Å²) in [6.07, 6.45) is 1.01. The molecule has 0 aliphatic carbocycles. The fourth-order valence-corrected chi connectivity index (χ4v) is 2.09. The molecule has 4 nitrogen and oxygen atoms in total. The van der Waals surface area contributed by atoms with Crippen molar-refractivity contribution in [2.24, 2.45) is 0 Å². The molecule has 0 heterocycles. The Morgan fingerprint density at radius 1 is 1.10 bits per heavy atom. The third kappa shape index (κ3) is 3.75. The number of rotatable bonds is 5. The van der Waals surface area contributed by atoms with Crippen LogP contribution in [0, 0.1) is 0 Å². The maximum Gasteiger partial charge on any atom is 0.253 e. The number of hydrogen-bond acceptors (Lipinski definition) is 3. The van der Waals surface area contributed by atoms with E-state index in [9.17, 15) is 4.79 Å². The number of carbonyl (C=O) groups excluding carboxylic acids is 1. The summed E-state index contributed by atoms with van der Waals surface area (Å²) in [5, 5.41) is 6.07. The van der Waals surface area contributed by atoms with E-state index >= 15 is 0 Å². The van der Waals surface area contributed by atoms with Gasteiger partial charge in [-0.3, -0.25) is 4.79 Å². The predicted octanol–water partition coefficient (Wildman–Crippen LogP) is 3.32. The standard InChI is InChI=1S/C17H21N3O/c1-3-12-5-8-14(9-6-12)20-16-10-7-13(18)11-15(16)17(21)19-4-2/h5-11,20H,3-4,18H2,1-2H3,(H,19,21). The molecule has 0 unspecified atom stereocenters. The molecule has 0 fully saturated rings. The van der Waals surface area contributed by atoms with Crippen LogP contribution in [0.1, 0.15) is 29.8 Å². The number of hydrogen-bond donors (Lipinski definition) is 3. The molecular weight excluding hydrogens is 262 g/mol. The average Bonchev–Trinajstić information content (AvgIpc) is 2.50. The first-order valence-electron chi connectivity index (χ1n) is 7.17. The minimum Gasteiger partial charge on any atom is -0.399 e. The second-order valence-electron chi connectivity index (χ2n) is 4.84. The van der Waals surface area contributed by atoms with Gasteiger partial charge in [0.25, 0.3) is 5.91 Å². The average molecular weight is 283 g/mol. The van der Waals surface area contributed by atoms with Crippen LogP contribution in [0.4, 0.5) is 17.1 Å². The van der Waals surface area contributed by atoms with Gasteiger partial charge < -0.3 is 16.4 Å². The number of aryl methyl sites for hydroxylation is 1. The minimum absolute atomic E-state index is 0.127. The zero-order valence-corrected chi connectivity index (χ0v) is 12.4. The Labute approximate surface area is 125 Å². The fourth-order valence-electron chi connectivity index (χ4n) is 2.09. The van der Waals surface area contributed by atoms with E-state index in [1.807, 2.05) is 25.1 Å². The van der Waals surface area contributed by atoms with E-state index < -0.39 is 0 Å². The molecule has 4 heteroatoms. The van der Waals surface area contributed by atoms with E-state index in [0.29, 0.717) is 17.8 Å². The Balaban J connectivity index is 2.27. The van der Waals surface area contributed by atoms with Crippen LogP contribution in [0.2, 0.25) is 0 Å². The summed E-state index contributed by atoms with van der Waals surface area (Å²) in [5.74, 6) is -0.127. The second kappa shape index (κ2) is 6.79. The number of nitrogen functional groups attached to an aromatic ring is 1. The Hall–Kier alpha value is -2.49. The third-order valence-electron chi connectivity index (χ3n) is 3.27. The molecule has 110 valence electrons. The molecule has 2 aromatic rings. The predicted molar refractivity (Wildman–Crippen MR) is 88.0 cm³/mol. The van der Waals surface area contributed by atoms with Gasteiger partial charge in [0, 0.05) is 17.9 Å². The van der Waals surface area contributed by atoms with Gasteiger partial charge in [-0.15, -0.1) is 0 Å². The van der Waals surface area contributed by atoms with E-state index in [1.54, 1.807) is 12.1 Å². The van der Waals surface area contributed by atoms with E-state index in [1.165, 1.54) is 5.56 Å². The molecule has 0 radical (unpaired) electrons. The molecule has 0 aliphatic heterocycles. The van der Waals surface area contributed by atoms with Crippen LogP contribution in [0.15, 0.2) is 42.5 Å². The Bertz CT molecular complexity index is 620. The monoisotopic (exact) mass is 283 g/mol. The van der Waals surface area contributed by atoms with Crippen LogP contribution in [-0.2, 0) is 6.42 Å². The summed E-state index contributed by atoms with van der Waals surface area (Å²) in [7, 11) is 0. The van der Waals surface area contributed by atoms with Crippen LogP contribution in [-0.4, -0.2) is 12.5 Å². The number of carbonyl (C=O) groups is 1. The molecule has 0 bridgehead atoms. The third-order valence-corrected chi connectivity index (χ3v) is 3.27. The molecule has 0 saturated carbocycles. The molecule has 0 spiro atoms. The lowest BCUT2D eigenvalue weighted by molar-refractivity contribution is 0.0956. The summed E-state index contributed by atoms with van der Waals surface area (Å²) in [6.45, 7) is 4.59. The van der Waals surface area contributed by atoms with Crippen LogP contribution in [0.3, 0.4) is 0 Å². The largest absolute Gasteiger partial charge is 0.399 e. The molecule has 0 aliphatic rings. The highest BCUT2D eigenvalue weighted by molar-refractivity contribution is 6.01. The zero-order chi connectivity index (χ0) is 15.2. The van der Waals surface area contributed by atoms with Crippen molar-refractivity contribution in [2.75, 3.05) is 17.6 Å². The molecule has 2 aromatic carbocycles. The molecule has 21 heavy (non-hydrogen) atoms. The quantitative estimate of drug-likeness (QED) is 0.737. The lowest BCUT2D eigenvalue weighted by atomic mass is 10.1. The summed E-state index contributed by atoms with van der Waals surface area (Å²) >= 11 is 0. The highest BCUT2D eigenvalue weighted by atomic mass is 16.1. The van der Waals surface area contributed by atoms with Crippen molar-refractivity contribution in [3.05, 3.63) is 53.6 Å². The first kappa shape index (κ1) is 14.9. The normalized spacial score (nSPS) is 10.2. The summed E-state index contributed by atoms with van der Waals surface area (Å²) in [4.78, 5) is 12.1. The molecule has 1 amide bonds. The molecule has 0 aromatic heterocycles. The minimum atomic E-state index is -0.127. The maximum atomic E-state index is 12.1. The highest BCUT2D eigenvalue weighted by Crippen LogP contribution is 2.23. The maximum absolute atomic E-state index is 12.1. The number of anilines is 3. The Morgan fingerprint density at radius 2 is 1.81 bits per heavy atom. The molecule has 4 N–H and O–H groups in total. The van der Waals surface area contributed by atoms with E-state index in [4.69, 9.17) is 5.73 Å². The van der Waals surface area contributed by atoms with Gasteiger partial charge in [-0.1, -0.05) is 19.1 Å². The number of nitrogens with one attached hydrogen (secondary N) is 2. The van der Waals surface area contributed by atoms with Gasteiger partial charge in [0.1, 0.15) is 0 Å². The number of amides is 1. The summed E-state index contributed by atoms with van der Waals surface area (Å²) in [6, 6.07) is 13.5. The van der Waals surface area contributed by atoms with Crippen molar-refractivity contribution >= 4 is 23.0 Å². The Morgan fingerprint density at radius 3 is 2.43 bits per heavy atom. The molecular formula is C17H21N3O. The van der Waals surface area contributed by atoms with Gasteiger partial charge in [0.15, 0.2) is 0 Å². The summed E-state index contributed by atoms with van der Waals surface area (Å²) in [5.41, 5.74) is 9.89. The van der Waals surface area contributed by atoms with Gasteiger partial charge in [-0.05, 0) is 49.2 Å². The zero-order valence-electron chi connectivity index (χ0n) is 12.4. The van der Waals surface area contributed by atoms with Gasteiger partial charge in [0.2, 0.25) is 0 Å². The highest BCUT2D eigenvalue weighted by Gasteiger charge is 2.11. The lowest BCUT2D eigenvalue weighted by Crippen LogP contribution is -2.23. The van der Waals surface area contributed by atoms with E-state index in [0.717, 1.165) is 17.8 Å². The molecule has 0 saturated heterocycles. The second-order valence-corrected chi connectivity index (χ2v) is 4.84. The SMILES string of the molecule is CCNC(=O)c1cc(N)ccc1Nc1ccc(CC)cc1. The van der Waals surface area contributed by atoms with Gasteiger partial charge in [0.05, 0.1) is 11.3 Å². The van der Waals surface area contributed by atoms with Crippen LogP contribution in [0.25, 0.3) is 0 Å². The lowest BCUT2D eigenvalue weighted by Gasteiger charge is -2.13. The van der Waals surface area contributed by atoms with Crippen molar-refractivity contribution < 1.29 is 4.79 Å².